The number of rotatable bonds is 4. The molecule has 2 aliphatic rings. The summed E-state index contributed by atoms with van der Waals surface area (Å²) >= 11 is 0. The summed E-state index contributed by atoms with van der Waals surface area (Å²) in [5.74, 6) is 0.198. The Balaban J connectivity index is 1.38. The lowest BCUT2D eigenvalue weighted by molar-refractivity contribution is -0.119. The van der Waals surface area contributed by atoms with Crippen LogP contribution in [0.15, 0.2) is 18.2 Å². The number of Topliss-reactive ketones (excluding diaryl/α,β-unsaturated/α-hetero) is 1. The minimum atomic E-state index is -0.632. The Labute approximate surface area is 209 Å². The number of aliphatic hydroxyl groups excluding tert-OH is 1. The normalized spacial score (nSPS) is 23.8. The van der Waals surface area contributed by atoms with E-state index in [1.165, 1.54) is 5.56 Å². The second kappa shape index (κ2) is 9.53. The molecule has 1 saturated carbocycles. The van der Waals surface area contributed by atoms with Gasteiger partial charge in [-0.25, -0.2) is 0 Å². The first kappa shape index (κ1) is 25.6. The maximum Gasteiger partial charge on any atom is 0.272 e. The van der Waals surface area contributed by atoms with Crippen LogP contribution in [0.2, 0.25) is 0 Å². The van der Waals surface area contributed by atoms with Crippen molar-refractivity contribution < 1.29 is 14.7 Å². The number of carbonyl (C=O) groups excluding carboxylic acids is 2. The summed E-state index contributed by atoms with van der Waals surface area (Å²) < 4.78 is 1.70. The summed E-state index contributed by atoms with van der Waals surface area (Å²) in [4.78, 5) is 28.1. The molecule has 0 bridgehead atoms. The quantitative estimate of drug-likeness (QED) is 0.694. The number of likely N-dealkylation sites (tertiary alicyclic amines) is 1. The van der Waals surface area contributed by atoms with E-state index in [1.807, 2.05) is 31.9 Å². The average Bonchev–Trinajstić information content (AvgIpc) is 3.28. The topological polar surface area (TPSA) is 75.4 Å². The second-order valence-corrected chi connectivity index (χ2v) is 12.0. The van der Waals surface area contributed by atoms with Crippen LogP contribution in [0.25, 0.3) is 0 Å². The zero-order valence-corrected chi connectivity index (χ0v) is 22.4. The number of carbonyl (C=O) groups is 2. The molecule has 1 aromatic carbocycles. The minimum absolute atomic E-state index is 0.00808. The number of piperidine rings is 1. The molecule has 1 N–H and O–H groups in total. The highest BCUT2D eigenvalue weighted by atomic mass is 16.3. The van der Waals surface area contributed by atoms with E-state index in [1.54, 1.807) is 4.68 Å². The molecule has 2 fully saturated rings. The lowest BCUT2D eigenvalue weighted by Gasteiger charge is -2.33. The molecule has 0 spiro atoms. The smallest absolute Gasteiger partial charge is 0.272 e. The Hall–Kier alpha value is -2.47. The first-order chi connectivity index (χ1) is 16.4. The first-order valence-corrected chi connectivity index (χ1v) is 13.0. The molecule has 4 rings (SSSR count). The molecule has 35 heavy (non-hydrogen) atoms. The van der Waals surface area contributed by atoms with Crippen molar-refractivity contribution in [3.05, 3.63) is 51.8 Å². The molecule has 1 amide bonds. The van der Waals surface area contributed by atoms with Gasteiger partial charge in [0, 0.05) is 32.0 Å². The number of ketones is 1. The van der Waals surface area contributed by atoms with Crippen molar-refractivity contribution >= 4 is 11.7 Å². The van der Waals surface area contributed by atoms with Gasteiger partial charge in [-0.3, -0.25) is 14.3 Å². The number of hydrogen-bond acceptors (Lipinski definition) is 4. The Kier molecular flexibility index (Phi) is 6.98. The Morgan fingerprint density at radius 2 is 1.69 bits per heavy atom. The average molecular weight is 480 g/mol. The zero-order chi connectivity index (χ0) is 25.7. The molecule has 1 saturated heterocycles. The van der Waals surface area contributed by atoms with Gasteiger partial charge < -0.3 is 10.0 Å². The second-order valence-electron chi connectivity index (χ2n) is 12.0. The van der Waals surface area contributed by atoms with E-state index < -0.39 is 12.0 Å². The van der Waals surface area contributed by atoms with E-state index in [9.17, 15) is 14.7 Å². The summed E-state index contributed by atoms with van der Waals surface area (Å²) in [5.41, 5.74) is 5.85. The standard InChI is InChI=1S/C29H41N3O3/c1-17-12-18(2)25(19(3)13-17)26-23(33)15-21(27(26)34)14-20-8-10-32(11-9-20)28(35)22-16-24(29(4,5)6)30-31(22)7/h12-13,16,20-21,26-27,34H,8-11,14-15H2,1-7H3. The molecule has 3 unspecified atom stereocenters. The van der Waals surface area contributed by atoms with Crippen LogP contribution in [-0.2, 0) is 17.3 Å². The Bertz CT molecular complexity index is 1100. The van der Waals surface area contributed by atoms with E-state index in [0.717, 1.165) is 41.6 Å². The Morgan fingerprint density at radius 3 is 2.23 bits per heavy atom. The minimum Gasteiger partial charge on any atom is -0.392 e. The summed E-state index contributed by atoms with van der Waals surface area (Å²) in [6, 6.07) is 6.13. The fourth-order valence-electron chi connectivity index (χ4n) is 6.20. The van der Waals surface area contributed by atoms with Gasteiger partial charge in [0.25, 0.3) is 5.91 Å². The van der Waals surface area contributed by atoms with E-state index in [-0.39, 0.29) is 23.0 Å². The molecule has 190 valence electrons. The SMILES string of the molecule is Cc1cc(C)c(C2C(=O)CC(CC3CCN(C(=O)c4cc(C(C)(C)C)nn4C)CC3)C2O)c(C)c1. The van der Waals surface area contributed by atoms with Gasteiger partial charge in [0.1, 0.15) is 11.5 Å². The van der Waals surface area contributed by atoms with Crippen LogP contribution in [0.5, 0.6) is 0 Å². The lowest BCUT2D eigenvalue weighted by atomic mass is 9.82. The van der Waals surface area contributed by atoms with Gasteiger partial charge in [-0.1, -0.05) is 38.5 Å². The third kappa shape index (κ3) is 5.09. The predicted molar refractivity (Wildman–Crippen MR) is 138 cm³/mol. The number of benzene rings is 1. The first-order valence-electron chi connectivity index (χ1n) is 13.0. The number of amides is 1. The highest BCUT2D eigenvalue weighted by Crippen LogP contribution is 2.42. The molecule has 0 radical (unpaired) electrons. The third-order valence-corrected chi connectivity index (χ3v) is 8.09. The van der Waals surface area contributed by atoms with Crippen LogP contribution in [0.4, 0.5) is 0 Å². The van der Waals surface area contributed by atoms with Gasteiger partial charge in [-0.2, -0.15) is 5.10 Å². The molecule has 2 heterocycles. The summed E-state index contributed by atoms with van der Waals surface area (Å²) in [5, 5.41) is 15.8. The molecule has 3 atom stereocenters. The van der Waals surface area contributed by atoms with Crippen LogP contribution >= 0.6 is 0 Å². The summed E-state index contributed by atoms with van der Waals surface area (Å²) in [7, 11) is 1.83. The molecule has 2 aromatic rings. The van der Waals surface area contributed by atoms with Gasteiger partial charge in [0.05, 0.1) is 17.7 Å². The van der Waals surface area contributed by atoms with Gasteiger partial charge in [0.2, 0.25) is 0 Å². The van der Waals surface area contributed by atoms with Crippen LogP contribution < -0.4 is 0 Å². The van der Waals surface area contributed by atoms with E-state index in [0.29, 0.717) is 31.1 Å². The van der Waals surface area contributed by atoms with Crippen molar-refractivity contribution in [3.63, 3.8) is 0 Å². The number of aryl methyl sites for hydroxylation is 4. The number of aromatic nitrogens is 2. The fraction of sp³-hybridized carbons (Fsp3) is 0.621. The molecule has 6 nitrogen and oxygen atoms in total. The van der Waals surface area contributed by atoms with Crippen LogP contribution in [0, 0.1) is 32.6 Å². The molecular weight excluding hydrogens is 438 g/mol. The Morgan fingerprint density at radius 1 is 1.09 bits per heavy atom. The van der Waals surface area contributed by atoms with E-state index >= 15 is 0 Å². The fourth-order valence-corrected chi connectivity index (χ4v) is 6.20. The third-order valence-electron chi connectivity index (χ3n) is 8.09. The van der Waals surface area contributed by atoms with Crippen molar-refractivity contribution in [3.8, 4) is 0 Å². The largest absolute Gasteiger partial charge is 0.392 e. The van der Waals surface area contributed by atoms with Crippen molar-refractivity contribution in [2.75, 3.05) is 13.1 Å². The van der Waals surface area contributed by atoms with Gasteiger partial charge in [-0.05, 0) is 74.6 Å². The van der Waals surface area contributed by atoms with Crippen LogP contribution in [0.3, 0.4) is 0 Å². The highest BCUT2D eigenvalue weighted by Gasteiger charge is 2.44. The molecular formula is C29H41N3O3. The molecule has 1 aromatic heterocycles. The van der Waals surface area contributed by atoms with E-state index in [2.05, 4.69) is 44.9 Å². The molecule has 1 aliphatic heterocycles. The predicted octanol–water partition coefficient (Wildman–Crippen LogP) is 4.62. The number of aliphatic hydroxyl groups is 1. The number of hydrogen-bond donors (Lipinski definition) is 1. The summed E-state index contributed by atoms with van der Waals surface area (Å²) in [6.07, 6.45) is 2.46. The van der Waals surface area contributed by atoms with Crippen molar-refractivity contribution in [1.29, 1.82) is 0 Å². The van der Waals surface area contributed by atoms with Gasteiger partial charge in [-0.15, -0.1) is 0 Å². The maximum atomic E-state index is 13.2. The van der Waals surface area contributed by atoms with Crippen molar-refractivity contribution in [1.82, 2.24) is 14.7 Å². The molecule has 6 heteroatoms. The highest BCUT2D eigenvalue weighted by molar-refractivity contribution is 5.93. The van der Waals surface area contributed by atoms with Crippen molar-refractivity contribution in [2.45, 2.75) is 84.7 Å². The number of nitrogens with zero attached hydrogens (tertiary/aromatic N) is 3. The van der Waals surface area contributed by atoms with Crippen LogP contribution in [-0.4, -0.2) is 50.7 Å². The summed E-state index contributed by atoms with van der Waals surface area (Å²) in [6.45, 7) is 13.9. The van der Waals surface area contributed by atoms with Gasteiger partial charge >= 0.3 is 0 Å². The van der Waals surface area contributed by atoms with Crippen molar-refractivity contribution in [2.24, 2.45) is 18.9 Å². The van der Waals surface area contributed by atoms with Gasteiger partial charge in [0.15, 0.2) is 0 Å². The lowest BCUT2D eigenvalue weighted by Crippen LogP contribution is -2.40. The maximum absolute atomic E-state index is 13.2. The van der Waals surface area contributed by atoms with E-state index in [4.69, 9.17) is 0 Å². The zero-order valence-electron chi connectivity index (χ0n) is 22.4. The van der Waals surface area contributed by atoms with Crippen LogP contribution in [0.1, 0.15) is 90.8 Å². The molecule has 1 aliphatic carbocycles. The monoisotopic (exact) mass is 479 g/mol.